The number of thioether (sulfide) groups is 1. The number of hydrogen-bond donors (Lipinski definition) is 1. The highest BCUT2D eigenvalue weighted by atomic mass is 32.2. The van der Waals surface area contributed by atoms with Crippen LogP contribution in [0.5, 0.6) is 0 Å². The Balaban J connectivity index is -0.000000942. The zero-order valence-electron chi connectivity index (χ0n) is 35.6. The maximum Gasteiger partial charge on any atom is 0.364 e. The van der Waals surface area contributed by atoms with Crippen LogP contribution in [0.1, 0.15) is 113 Å². The summed E-state index contributed by atoms with van der Waals surface area (Å²) in [6.07, 6.45) is 21.5. The van der Waals surface area contributed by atoms with Crippen LogP contribution in [-0.4, -0.2) is 134 Å². The number of nitrogens with zero attached hydrogens (tertiary/aromatic N) is 4. The fourth-order valence-corrected chi connectivity index (χ4v) is 5.57. The lowest BCUT2D eigenvalue weighted by Crippen LogP contribution is -2.50. The maximum atomic E-state index is 13.3. The standard InChI is InChI=1S/C25H51N4O2.C12H22O2.C2H4O2S.C2H2/c1-8-10-16-27(17-11-12-19-29(5,6)7)25(31)21-28-20-22(3)13-14-24(28)15-18-26(9-2)23(4)30;1-6-8-9-14-12(10(3)7-2)11(4)13-5;1-5-2(3)4;1-2/h22,24H,8-21H2,1-7H3;7H,6,8-9H2,1-5H3;1H3,(H,3,4);1-2H/q+1;;;/b;10-7-,12-11-;;/t22?,24-;;;/m1.../s1. The van der Waals surface area contributed by atoms with Gasteiger partial charge in [-0.3, -0.25) is 14.5 Å². The first-order chi connectivity index (χ1) is 24.5. The monoisotopic (exact) mass is 756 g/mol. The Morgan fingerprint density at radius 2 is 1.52 bits per heavy atom. The van der Waals surface area contributed by atoms with E-state index in [1.807, 2.05) is 38.7 Å². The van der Waals surface area contributed by atoms with Crippen molar-refractivity contribution in [2.45, 2.75) is 119 Å². The van der Waals surface area contributed by atoms with Gasteiger partial charge in [0, 0.05) is 45.7 Å². The number of terminal acetylenes is 1. The normalized spacial score (nSPS) is 16.3. The first-order valence-corrected chi connectivity index (χ1v) is 20.4. The van der Waals surface area contributed by atoms with Crippen LogP contribution in [0.4, 0.5) is 4.79 Å². The van der Waals surface area contributed by atoms with Gasteiger partial charge in [0.15, 0.2) is 5.76 Å². The van der Waals surface area contributed by atoms with E-state index in [4.69, 9.17) is 14.6 Å². The van der Waals surface area contributed by atoms with E-state index < -0.39 is 5.30 Å². The van der Waals surface area contributed by atoms with Crippen LogP contribution in [0.3, 0.4) is 0 Å². The third kappa shape index (κ3) is 27.9. The molecule has 1 heterocycles. The second kappa shape index (κ2) is 32.9. The molecule has 1 rings (SSSR count). The minimum atomic E-state index is -0.829. The van der Waals surface area contributed by atoms with Gasteiger partial charge >= 0.3 is 5.30 Å². The number of hydrogen-bond acceptors (Lipinski definition) is 7. The molecule has 11 heteroatoms. The number of carbonyl (C=O) groups is 3. The van der Waals surface area contributed by atoms with Crippen molar-refractivity contribution in [2.24, 2.45) is 5.92 Å². The van der Waals surface area contributed by atoms with Crippen LogP contribution in [0, 0.1) is 18.8 Å². The molecule has 2 amide bonds. The summed E-state index contributed by atoms with van der Waals surface area (Å²) < 4.78 is 11.8. The second-order valence-electron chi connectivity index (χ2n) is 14.3. The Morgan fingerprint density at radius 1 is 0.942 bits per heavy atom. The molecule has 1 saturated heterocycles. The molecule has 1 fully saturated rings. The van der Waals surface area contributed by atoms with Crippen molar-refractivity contribution in [3.63, 3.8) is 0 Å². The average Bonchev–Trinajstić information content (AvgIpc) is 3.11. The number of quaternary nitrogens is 1. The van der Waals surface area contributed by atoms with E-state index >= 15 is 0 Å². The van der Waals surface area contributed by atoms with Crippen molar-refractivity contribution in [3.8, 4) is 12.8 Å². The number of amides is 2. The number of ether oxygens (including phenoxy) is 2. The predicted molar refractivity (Wildman–Crippen MR) is 221 cm³/mol. The van der Waals surface area contributed by atoms with Crippen molar-refractivity contribution < 1.29 is 33.4 Å². The zero-order valence-corrected chi connectivity index (χ0v) is 36.4. The van der Waals surface area contributed by atoms with Crippen molar-refractivity contribution in [3.05, 3.63) is 23.2 Å². The van der Waals surface area contributed by atoms with Crippen LogP contribution < -0.4 is 0 Å². The maximum absolute atomic E-state index is 13.3. The third-order valence-electron chi connectivity index (χ3n) is 8.93. The van der Waals surface area contributed by atoms with Gasteiger partial charge in [-0.15, -0.1) is 12.8 Å². The summed E-state index contributed by atoms with van der Waals surface area (Å²) >= 11 is 0.796. The van der Waals surface area contributed by atoms with Crippen molar-refractivity contribution in [1.82, 2.24) is 14.7 Å². The fourth-order valence-electron chi connectivity index (χ4n) is 5.57. The largest absolute Gasteiger partial charge is 0.498 e. The van der Waals surface area contributed by atoms with Crippen LogP contribution in [-0.2, 0) is 19.1 Å². The average molecular weight is 756 g/mol. The summed E-state index contributed by atoms with van der Waals surface area (Å²) in [5, 5.41) is 6.86. The quantitative estimate of drug-likeness (QED) is 0.0435. The predicted octanol–water partition coefficient (Wildman–Crippen LogP) is 8.38. The van der Waals surface area contributed by atoms with E-state index in [9.17, 15) is 14.4 Å². The molecular weight excluding hydrogens is 677 g/mol. The number of piperidine rings is 1. The smallest absolute Gasteiger partial charge is 0.364 e. The van der Waals surface area contributed by atoms with E-state index in [0.717, 1.165) is 131 Å². The number of likely N-dealkylation sites (tertiary alicyclic amines) is 1. The number of rotatable bonds is 20. The van der Waals surface area contributed by atoms with Crippen LogP contribution in [0.25, 0.3) is 0 Å². The first kappa shape index (κ1) is 53.7. The van der Waals surface area contributed by atoms with Gasteiger partial charge in [-0.1, -0.05) is 39.7 Å². The molecule has 0 spiro atoms. The molecule has 0 aromatic rings. The van der Waals surface area contributed by atoms with Gasteiger partial charge in [-0.05, 0) is 102 Å². The molecule has 304 valence electrons. The molecule has 0 radical (unpaired) electrons. The molecule has 52 heavy (non-hydrogen) atoms. The molecule has 0 aliphatic carbocycles. The Labute approximate surface area is 324 Å². The Morgan fingerprint density at radius 3 is 1.98 bits per heavy atom. The molecule has 0 aromatic carbocycles. The van der Waals surface area contributed by atoms with E-state index in [2.05, 4.69) is 64.6 Å². The van der Waals surface area contributed by atoms with Gasteiger partial charge in [-0.2, -0.15) is 0 Å². The van der Waals surface area contributed by atoms with Crippen molar-refractivity contribution >= 4 is 28.9 Å². The van der Waals surface area contributed by atoms with Gasteiger partial charge in [0.05, 0.1) is 47.9 Å². The summed E-state index contributed by atoms with van der Waals surface area (Å²) in [6, 6.07) is 0.403. The minimum Gasteiger partial charge on any atom is -0.498 e. The highest BCUT2D eigenvalue weighted by Gasteiger charge is 2.29. The second-order valence-corrected chi connectivity index (χ2v) is 15.1. The number of carbonyl (C=O) groups excluding carboxylic acids is 2. The Kier molecular flexibility index (Phi) is 34.0. The molecule has 1 N–H and O–H groups in total. The molecule has 1 aliphatic rings. The summed E-state index contributed by atoms with van der Waals surface area (Å²) in [6.45, 7) is 23.0. The molecule has 0 saturated carbocycles. The SMILES string of the molecule is C#C.C/C=C(C)\C(OCCCC)=C(/C)OC.CCCCN(CCCC[N+](C)(C)C)C(=O)CN1CC(C)CC[C@@H]1CCN(CC)C(C)=O.CSC(=O)O. The lowest BCUT2D eigenvalue weighted by Gasteiger charge is -2.40. The highest BCUT2D eigenvalue weighted by molar-refractivity contribution is 8.12. The number of carboxylic acid groups (broad SMARTS) is 1. The molecule has 2 atom stereocenters. The summed E-state index contributed by atoms with van der Waals surface area (Å²) in [7, 11) is 8.35. The van der Waals surface area contributed by atoms with Crippen molar-refractivity contribution in [1.29, 1.82) is 0 Å². The van der Waals surface area contributed by atoms with Crippen LogP contribution >= 0.6 is 11.8 Å². The lowest BCUT2D eigenvalue weighted by molar-refractivity contribution is -0.870. The Bertz CT molecular complexity index is 1040. The van der Waals surface area contributed by atoms with Gasteiger partial charge in [0.1, 0.15) is 5.76 Å². The molecular formula is C41H79N4O6S+. The summed E-state index contributed by atoms with van der Waals surface area (Å²) in [4.78, 5) is 40.8. The highest BCUT2D eigenvalue weighted by Crippen LogP contribution is 2.24. The molecule has 0 aromatic heterocycles. The topological polar surface area (TPSA) is 99.6 Å². The fraction of sp³-hybridized carbons (Fsp3) is 0.780. The van der Waals surface area contributed by atoms with Gasteiger partial charge in [0.25, 0.3) is 0 Å². The molecule has 1 unspecified atom stereocenters. The third-order valence-corrected chi connectivity index (χ3v) is 9.28. The van der Waals surface area contributed by atoms with Crippen LogP contribution in [0.15, 0.2) is 23.2 Å². The van der Waals surface area contributed by atoms with Crippen LogP contribution in [0.2, 0.25) is 0 Å². The minimum absolute atomic E-state index is 0.147. The molecule has 1 aliphatic heterocycles. The van der Waals surface area contributed by atoms with E-state index in [0.29, 0.717) is 18.5 Å². The summed E-state index contributed by atoms with van der Waals surface area (Å²) in [5.41, 5.74) is 1.13. The first-order valence-electron chi connectivity index (χ1n) is 19.2. The summed E-state index contributed by atoms with van der Waals surface area (Å²) in [5.74, 6) is 2.79. The van der Waals surface area contributed by atoms with Gasteiger partial charge < -0.3 is 28.9 Å². The van der Waals surface area contributed by atoms with E-state index in [1.165, 1.54) is 12.7 Å². The number of methoxy groups -OCH3 is 1. The Hall–Kier alpha value is -2.68. The lowest BCUT2D eigenvalue weighted by atomic mass is 9.92. The zero-order chi connectivity index (χ0) is 40.7. The molecule has 10 nitrogen and oxygen atoms in total. The number of unbranched alkanes of at least 4 members (excludes halogenated alkanes) is 3. The van der Waals surface area contributed by atoms with E-state index in [-0.39, 0.29) is 11.8 Å². The van der Waals surface area contributed by atoms with E-state index in [1.54, 1.807) is 14.0 Å². The van der Waals surface area contributed by atoms with Crippen molar-refractivity contribution in [2.75, 3.05) is 86.9 Å². The van der Waals surface area contributed by atoms with Gasteiger partial charge in [-0.25, -0.2) is 4.79 Å². The molecule has 0 bridgehead atoms. The van der Waals surface area contributed by atoms with Gasteiger partial charge in [0.2, 0.25) is 11.8 Å². The number of allylic oxidation sites excluding steroid dienone is 3.